The lowest BCUT2D eigenvalue weighted by Crippen LogP contribution is -2.45. The van der Waals surface area contributed by atoms with Crippen LogP contribution in [-0.4, -0.2) is 30.5 Å². The molecule has 0 aromatic heterocycles. The molecule has 0 N–H and O–H groups in total. The fourth-order valence-corrected chi connectivity index (χ4v) is 3.28. The van der Waals surface area contributed by atoms with Crippen LogP contribution in [0.5, 0.6) is 5.75 Å². The first kappa shape index (κ1) is 21.0. The molecule has 0 unspecified atom stereocenters. The maximum atomic E-state index is 12.9. The van der Waals surface area contributed by atoms with E-state index in [-0.39, 0.29) is 5.91 Å². The van der Waals surface area contributed by atoms with E-state index in [1.165, 1.54) is 5.56 Å². The molecule has 0 spiro atoms. The number of halogens is 1. The van der Waals surface area contributed by atoms with Gasteiger partial charge in [-0.2, -0.15) is 0 Å². The van der Waals surface area contributed by atoms with Crippen LogP contribution in [-0.2, 0) is 6.42 Å². The van der Waals surface area contributed by atoms with E-state index in [0.29, 0.717) is 17.0 Å². The largest absolute Gasteiger partial charge is 0.496 e. The second-order valence-electron chi connectivity index (χ2n) is 7.35. The molecule has 0 heterocycles. The van der Waals surface area contributed by atoms with Crippen LogP contribution in [0.2, 0.25) is 5.02 Å². The lowest BCUT2D eigenvalue weighted by Gasteiger charge is -2.36. The number of benzene rings is 2. The predicted molar refractivity (Wildman–Crippen MR) is 114 cm³/mol. The molecule has 1 amide bonds. The smallest absolute Gasteiger partial charge is 0.254 e. The van der Waals surface area contributed by atoms with Crippen LogP contribution in [0, 0.1) is 0 Å². The van der Waals surface area contributed by atoms with E-state index in [1.807, 2.05) is 27.0 Å². The highest BCUT2D eigenvalue weighted by Crippen LogP contribution is 2.31. The third-order valence-corrected chi connectivity index (χ3v) is 5.24. The Kier molecular flexibility index (Phi) is 6.72. The quantitative estimate of drug-likeness (QED) is 0.596. The van der Waals surface area contributed by atoms with E-state index in [4.69, 9.17) is 16.3 Å². The zero-order chi connectivity index (χ0) is 20.2. The minimum Gasteiger partial charge on any atom is -0.496 e. The fraction of sp³-hybridized carbons (Fsp3) is 0.348. The van der Waals surface area contributed by atoms with E-state index in [0.717, 1.165) is 23.3 Å². The highest BCUT2D eigenvalue weighted by molar-refractivity contribution is 6.30. The lowest BCUT2D eigenvalue weighted by atomic mass is 9.89. The number of aryl methyl sites for hydroxylation is 1. The monoisotopic (exact) mass is 385 g/mol. The predicted octanol–water partition coefficient (Wildman–Crippen LogP) is 5.87. The van der Waals surface area contributed by atoms with Crippen molar-refractivity contribution in [2.45, 2.75) is 39.2 Å². The summed E-state index contributed by atoms with van der Waals surface area (Å²) in [5.74, 6) is 0.812. The maximum absolute atomic E-state index is 12.9. The number of hydrogen-bond donors (Lipinski definition) is 0. The summed E-state index contributed by atoms with van der Waals surface area (Å²) in [6, 6.07) is 13.2. The van der Waals surface area contributed by atoms with Crippen molar-refractivity contribution < 1.29 is 9.53 Å². The molecule has 27 heavy (non-hydrogen) atoms. The van der Waals surface area contributed by atoms with Crippen molar-refractivity contribution in [3.05, 3.63) is 70.8 Å². The number of amides is 1. The minimum absolute atomic E-state index is 0.0609. The van der Waals surface area contributed by atoms with Crippen molar-refractivity contribution >= 4 is 23.1 Å². The molecule has 2 aromatic carbocycles. The standard InChI is InChI=1S/C23H28ClNO2/c1-7-17-11-12-18(14-21(17)27-6)16(2)15-23(3,4)25(5)22(26)19-9-8-10-20(24)13-19/h8-14H,2,7,15H2,1,3-6H3. The van der Waals surface area contributed by atoms with Gasteiger partial charge in [0.2, 0.25) is 0 Å². The molecule has 0 saturated heterocycles. The van der Waals surface area contributed by atoms with Gasteiger partial charge in [0, 0.05) is 23.2 Å². The number of ether oxygens (including phenoxy) is 1. The fourth-order valence-electron chi connectivity index (χ4n) is 3.09. The Hall–Kier alpha value is -2.26. The highest BCUT2D eigenvalue weighted by atomic mass is 35.5. The van der Waals surface area contributed by atoms with Gasteiger partial charge in [-0.1, -0.05) is 43.3 Å². The SMILES string of the molecule is C=C(CC(C)(C)N(C)C(=O)c1cccc(Cl)c1)c1ccc(CC)c(OC)c1. The molecule has 0 atom stereocenters. The number of rotatable bonds is 7. The Morgan fingerprint density at radius 1 is 1.19 bits per heavy atom. The van der Waals surface area contributed by atoms with Gasteiger partial charge in [0.05, 0.1) is 7.11 Å². The summed E-state index contributed by atoms with van der Waals surface area (Å²) in [5.41, 5.74) is 3.33. The van der Waals surface area contributed by atoms with Gasteiger partial charge in [-0.05, 0) is 67.7 Å². The van der Waals surface area contributed by atoms with E-state index >= 15 is 0 Å². The van der Waals surface area contributed by atoms with Crippen LogP contribution in [0.25, 0.3) is 5.57 Å². The van der Waals surface area contributed by atoms with Crippen molar-refractivity contribution in [3.8, 4) is 5.75 Å². The van der Waals surface area contributed by atoms with Crippen molar-refractivity contribution in [3.63, 3.8) is 0 Å². The molecule has 0 saturated carbocycles. The molecule has 4 heteroatoms. The number of carbonyl (C=O) groups excluding carboxylic acids is 1. The Morgan fingerprint density at radius 3 is 2.48 bits per heavy atom. The molecule has 2 rings (SSSR count). The Bertz CT molecular complexity index is 842. The molecule has 0 fully saturated rings. The van der Waals surface area contributed by atoms with Crippen LogP contribution in [0.4, 0.5) is 0 Å². The topological polar surface area (TPSA) is 29.5 Å². The molecule has 0 radical (unpaired) electrons. The highest BCUT2D eigenvalue weighted by Gasteiger charge is 2.29. The van der Waals surface area contributed by atoms with Crippen molar-refractivity contribution in [1.82, 2.24) is 4.90 Å². The Morgan fingerprint density at radius 2 is 1.89 bits per heavy atom. The van der Waals surface area contributed by atoms with Gasteiger partial charge in [0.1, 0.15) is 5.75 Å². The summed E-state index contributed by atoms with van der Waals surface area (Å²) >= 11 is 6.03. The second-order valence-corrected chi connectivity index (χ2v) is 7.78. The van der Waals surface area contributed by atoms with E-state index < -0.39 is 5.54 Å². The van der Waals surface area contributed by atoms with Crippen molar-refractivity contribution in [1.29, 1.82) is 0 Å². The number of hydrogen-bond acceptors (Lipinski definition) is 2. The van der Waals surface area contributed by atoms with Crippen LogP contribution in [0.1, 0.15) is 48.7 Å². The molecule has 144 valence electrons. The molecule has 2 aromatic rings. The molecular weight excluding hydrogens is 358 g/mol. The summed E-state index contributed by atoms with van der Waals surface area (Å²) in [5, 5.41) is 0.555. The first-order chi connectivity index (χ1) is 12.7. The summed E-state index contributed by atoms with van der Waals surface area (Å²) in [6.07, 6.45) is 1.56. The first-order valence-electron chi connectivity index (χ1n) is 9.08. The Balaban J connectivity index is 2.19. The Labute approximate surface area is 167 Å². The normalized spacial score (nSPS) is 11.2. The average molecular weight is 386 g/mol. The summed E-state index contributed by atoms with van der Waals surface area (Å²) in [6.45, 7) is 10.4. The van der Waals surface area contributed by atoms with Gasteiger partial charge < -0.3 is 9.64 Å². The van der Waals surface area contributed by atoms with Crippen LogP contribution < -0.4 is 4.74 Å². The van der Waals surface area contributed by atoms with Gasteiger partial charge in [0.25, 0.3) is 5.91 Å². The van der Waals surface area contributed by atoms with Crippen LogP contribution in [0.15, 0.2) is 49.0 Å². The summed E-state index contributed by atoms with van der Waals surface area (Å²) < 4.78 is 5.49. The van der Waals surface area contributed by atoms with Crippen LogP contribution in [0.3, 0.4) is 0 Å². The van der Waals surface area contributed by atoms with Gasteiger partial charge in [-0.15, -0.1) is 0 Å². The molecule has 0 aliphatic rings. The molecule has 0 aliphatic carbocycles. The van der Waals surface area contributed by atoms with E-state index in [9.17, 15) is 4.79 Å². The molecule has 3 nitrogen and oxygen atoms in total. The van der Waals surface area contributed by atoms with Gasteiger partial charge in [0.15, 0.2) is 0 Å². The zero-order valence-electron chi connectivity index (χ0n) is 16.8. The van der Waals surface area contributed by atoms with Gasteiger partial charge in [-0.3, -0.25) is 4.79 Å². The zero-order valence-corrected chi connectivity index (χ0v) is 17.6. The third kappa shape index (κ3) is 4.92. The number of methoxy groups -OCH3 is 1. The van der Waals surface area contributed by atoms with Crippen LogP contribution >= 0.6 is 11.6 Å². The first-order valence-corrected chi connectivity index (χ1v) is 9.46. The minimum atomic E-state index is -0.410. The van der Waals surface area contributed by atoms with E-state index in [1.54, 1.807) is 36.3 Å². The molecule has 0 bridgehead atoms. The van der Waals surface area contributed by atoms with Gasteiger partial charge >= 0.3 is 0 Å². The lowest BCUT2D eigenvalue weighted by molar-refractivity contribution is 0.0635. The number of carbonyl (C=O) groups is 1. The number of nitrogens with zero attached hydrogens (tertiary/aromatic N) is 1. The second kappa shape index (κ2) is 8.62. The third-order valence-electron chi connectivity index (χ3n) is 5.01. The van der Waals surface area contributed by atoms with E-state index in [2.05, 4.69) is 25.6 Å². The summed E-state index contributed by atoms with van der Waals surface area (Å²) in [4.78, 5) is 14.6. The maximum Gasteiger partial charge on any atom is 0.254 e. The van der Waals surface area contributed by atoms with Crippen molar-refractivity contribution in [2.24, 2.45) is 0 Å². The van der Waals surface area contributed by atoms with Gasteiger partial charge in [-0.25, -0.2) is 0 Å². The summed E-state index contributed by atoms with van der Waals surface area (Å²) in [7, 11) is 3.50. The van der Waals surface area contributed by atoms with Crippen molar-refractivity contribution in [2.75, 3.05) is 14.2 Å². The molecular formula is C23H28ClNO2. The average Bonchev–Trinajstić information content (AvgIpc) is 2.65. The molecule has 0 aliphatic heterocycles.